The average molecular weight is 298 g/mol. The molecular weight excluding hydrogens is 286 g/mol. The minimum absolute atomic E-state index is 0.0750. The number of hydrogen-bond donors (Lipinski definition) is 1. The Morgan fingerprint density at radius 2 is 1.90 bits per heavy atom. The van der Waals surface area contributed by atoms with Crippen LogP contribution in [0.4, 0.5) is 14.5 Å². The summed E-state index contributed by atoms with van der Waals surface area (Å²) in [6.07, 6.45) is 0. The second-order valence-electron chi connectivity index (χ2n) is 4.34. The van der Waals surface area contributed by atoms with Crippen LogP contribution in [0, 0.1) is 28.7 Å². The summed E-state index contributed by atoms with van der Waals surface area (Å²) in [4.78, 5) is 9.75. The molecule has 1 aromatic carbocycles. The minimum Gasteiger partial charge on any atom is -0.308 e. The van der Waals surface area contributed by atoms with Gasteiger partial charge in [-0.25, -0.2) is 4.39 Å². The van der Waals surface area contributed by atoms with Crippen molar-refractivity contribution in [3.05, 3.63) is 61.3 Å². The number of halogens is 2. The van der Waals surface area contributed by atoms with Crippen LogP contribution in [0.1, 0.15) is 16.7 Å². The van der Waals surface area contributed by atoms with Gasteiger partial charge in [-0.3, -0.25) is 10.1 Å². The van der Waals surface area contributed by atoms with Crippen molar-refractivity contribution in [2.24, 2.45) is 0 Å². The molecule has 0 aliphatic rings. The van der Waals surface area contributed by atoms with Crippen LogP contribution in [0.2, 0.25) is 0 Å². The molecule has 0 bridgehead atoms. The van der Waals surface area contributed by atoms with Crippen molar-refractivity contribution in [3.8, 4) is 0 Å². The van der Waals surface area contributed by atoms with Crippen LogP contribution in [0.3, 0.4) is 0 Å². The van der Waals surface area contributed by atoms with Gasteiger partial charge >= 0.3 is 5.69 Å². The highest BCUT2D eigenvalue weighted by Gasteiger charge is 2.18. The summed E-state index contributed by atoms with van der Waals surface area (Å²) in [7, 11) is 0. The molecule has 0 fully saturated rings. The third-order valence-electron chi connectivity index (χ3n) is 2.91. The summed E-state index contributed by atoms with van der Waals surface area (Å²) in [6, 6.07) is 1.48. The van der Waals surface area contributed by atoms with E-state index in [0.717, 1.165) is 17.2 Å². The lowest BCUT2D eigenvalue weighted by molar-refractivity contribution is -0.387. The first-order chi connectivity index (χ1) is 9.49. The predicted molar refractivity (Wildman–Crippen MR) is 72.6 cm³/mol. The number of nitrogens with zero attached hydrogens (tertiary/aromatic N) is 1. The fourth-order valence-electron chi connectivity index (χ4n) is 1.76. The van der Waals surface area contributed by atoms with Crippen LogP contribution in [0.5, 0.6) is 0 Å². The van der Waals surface area contributed by atoms with Gasteiger partial charge in [0.15, 0.2) is 0 Å². The summed E-state index contributed by atoms with van der Waals surface area (Å²) in [5.41, 5.74) is 1.58. The summed E-state index contributed by atoms with van der Waals surface area (Å²) in [5.74, 6) is -1.95. The predicted octanol–water partition coefficient (Wildman–Crippen LogP) is 3.53. The van der Waals surface area contributed by atoms with Gasteiger partial charge in [0, 0.05) is 30.8 Å². The van der Waals surface area contributed by atoms with Crippen LogP contribution in [-0.4, -0.2) is 4.92 Å². The zero-order valence-electron chi connectivity index (χ0n) is 10.7. The Morgan fingerprint density at radius 3 is 2.50 bits per heavy atom. The SMILES string of the molecule is Cc1cscc1CNCc1cc([N+](=O)[O-])c(F)cc1F. The summed E-state index contributed by atoms with van der Waals surface area (Å²) < 4.78 is 26.7. The molecule has 2 rings (SSSR count). The lowest BCUT2D eigenvalue weighted by atomic mass is 10.1. The van der Waals surface area contributed by atoms with Gasteiger partial charge in [0.25, 0.3) is 0 Å². The molecule has 0 radical (unpaired) electrons. The third-order valence-corrected chi connectivity index (χ3v) is 3.82. The maximum atomic E-state index is 13.5. The molecule has 0 saturated heterocycles. The normalized spacial score (nSPS) is 10.8. The van der Waals surface area contributed by atoms with E-state index in [9.17, 15) is 18.9 Å². The van der Waals surface area contributed by atoms with E-state index >= 15 is 0 Å². The maximum Gasteiger partial charge on any atom is 0.305 e. The first-order valence-corrected chi connectivity index (χ1v) is 6.78. The molecule has 7 heteroatoms. The van der Waals surface area contributed by atoms with Crippen molar-refractivity contribution in [2.45, 2.75) is 20.0 Å². The molecule has 0 saturated carbocycles. The van der Waals surface area contributed by atoms with Gasteiger partial charge in [-0.15, -0.1) is 0 Å². The zero-order valence-corrected chi connectivity index (χ0v) is 11.5. The Bertz CT molecular complexity index is 643. The molecule has 0 aliphatic carbocycles. The molecule has 20 heavy (non-hydrogen) atoms. The van der Waals surface area contributed by atoms with Crippen molar-refractivity contribution < 1.29 is 13.7 Å². The van der Waals surface area contributed by atoms with E-state index in [1.54, 1.807) is 11.3 Å². The molecule has 1 aromatic heterocycles. The summed E-state index contributed by atoms with van der Waals surface area (Å²) >= 11 is 1.57. The molecule has 0 atom stereocenters. The van der Waals surface area contributed by atoms with E-state index in [-0.39, 0.29) is 12.1 Å². The van der Waals surface area contributed by atoms with Gasteiger partial charge in [-0.1, -0.05) is 0 Å². The second kappa shape index (κ2) is 6.06. The number of nitro groups is 1. The fraction of sp³-hybridized carbons (Fsp3) is 0.231. The van der Waals surface area contributed by atoms with E-state index in [1.165, 1.54) is 0 Å². The number of nitro benzene ring substituents is 1. The number of nitrogens with one attached hydrogen (secondary N) is 1. The maximum absolute atomic E-state index is 13.5. The monoisotopic (exact) mass is 298 g/mol. The lowest BCUT2D eigenvalue weighted by Gasteiger charge is -2.06. The topological polar surface area (TPSA) is 55.2 Å². The van der Waals surface area contributed by atoms with E-state index in [0.29, 0.717) is 12.6 Å². The Labute approximate surface area is 118 Å². The average Bonchev–Trinajstić information content (AvgIpc) is 2.77. The van der Waals surface area contributed by atoms with E-state index in [2.05, 4.69) is 5.32 Å². The first-order valence-electron chi connectivity index (χ1n) is 5.83. The van der Waals surface area contributed by atoms with Gasteiger partial charge < -0.3 is 5.32 Å². The Morgan fingerprint density at radius 1 is 1.20 bits per heavy atom. The van der Waals surface area contributed by atoms with Crippen LogP contribution in [0.15, 0.2) is 22.9 Å². The number of hydrogen-bond acceptors (Lipinski definition) is 4. The Balaban J connectivity index is 2.08. The van der Waals surface area contributed by atoms with Gasteiger partial charge in [-0.2, -0.15) is 15.7 Å². The molecule has 106 valence electrons. The standard InChI is InChI=1S/C13H12F2N2O2S/c1-8-6-20-7-10(8)5-16-4-9-2-13(17(18)19)12(15)3-11(9)14/h2-3,6-7,16H,4-5H2,1H3. The van der Waals surface area contributed by atoms with Gasteiger partial charge in [0.1, 0.15) is 5.82 Å². The van der Waals surface area contributed by atoms with Crippen molar-refractivity contribution in [3.63, 3.8) is 0 Å². The van der Waals surface area contributed by atoms with Crippen molar-refractivity contribution in [1.82, 2.24) is 5.32 Å². The Hall–Kier alpha value is -1.86. The fourth-order valence-corrected chi connectivity index (χ4v) is 2.61. The van der Waals surface area contributed by atoms with E-state index in [1.807, 2.05) is 17.7 Å². The van der Waals surface area contributed by atoms with Gasteiger partial charge in [0.2, 0.25) is 5.82 Å². The van der Waals surface area contributed by atoms with Crippen molar-refractivity contribution in [1.29, 1.82) is 0 Å². The number of benzene rings is 1. The number of thiophene rings is 1. The number of rotatable bonds is 5. The highest BCUT2D eigenvalue weighted by Crippen LogP contribution is 2.21. The van der Waals surface area contributed by atoms with Crippen LogP contribution in [0.25, 0.3) is 0 Å². The van der Waals surface area contributed by atoms with Gasteiger partial charge in [-0.05, 0) is 28.8 Å². The smallest absolute Gasteiger partial charge is 0.305 e. The molecule has 4 nitrogen and oxygen atoms in total. The molecule has 2 aromatic rings. The molecule has 1 heterocycles. The van der Waals surface area contributed by atoms with Crippen molar-refractivity contribution in [2.75, 3.05) is 0 Å². The van der Waals surface area contributed by atoms with Crippen LogP contribution >= 0.6 is 11.3 Å². The van der Waals surface area contributed by atoms with Crippen LogP contribution in [-0.2, 0) is 13.1 Å². The minimum atomic E-state index is -1.16. The quantitative estimate of drug-likeness (QED) is 0.678. The highest BCUT2D eigenvalue weighted by molar-refractivity contribution is 7.08. The zero-order chi connectivity index (χ0) is 14.7. The summed E-state index contributed by atoms with van der Waals surface area (Å²) in [5, 5.41) is 17.6. The highest BCUT2D eigenvalue weighted by atomic mass is 32.1. The second-order valence-corrected chi connectivity index (χ2v) is 5.08. The number of aryl methyl sites for hydroxylation is 1. The molecule has 0 unspecified atom stereocenters. The van der Waals surface area contributed by atoms with Gasteiger partial charge in [0.05, 0.1) is 4.92 Å². The first kappa shape index (κ1) is 14.5. The van der Waals surface area contributed by atoms with Crippen molar-refractivity contribution >= 4 is 17.0 Å². The van der Waals surface area contributed by atoms with E-state index < -0.39 is 22.2 Å². The lowest BCUT2D eigenvalue weighted by Crippen LogP contribution is -2.14. The molecule has 1 N–H and O–H groups in total. The van der Waals surface area contributed by atoms with Crippen LogP contribution < -0.4 is 5.32 Å². The van der Waals surface area contributed by atoms with E-state index in [4.69, 9.17) is 0 Å². The molecule has 0 amide bonds. The third kappa shape index (κ3) is 3.17. The summed E-state index contributed by atoms with van der Waals surface area (Å²) in [6.45, 7) is 2.60. The molecular formula is C13H12F2N2O2S. The Kier molecular flexibility index (Phi) is 4.41. The largest absolute Gasteiger partial charge is 0.308 e. The molecule has 0 spiro atoms. The molecule has 0 aliphatic heterocycles.